The van der Waals surface area contributed by atoms with Gasteiger partial charge in [0.25, 0.3) is 30.4 Å². The maximum atomic E-state index is 14.1. The zero-order valence-electron chi connectivity index (χ0n) is 35.6. The fourth-order valence-electron chi connectivity index (χ4n) is 8.27. The summed E-state index contributed by atoms with van der Waals surface area (Å²) in [5.74, 6) is -15.1. The number of rotatable bonds is 21. The lowest BCUT2D eigenvalue weighted by Gasteiger charge is -2.30. The van der Waals surface area contributed by atoms with Crippen LogP contribution in [0, 0.1) is 29.1 Å². The minimum atomic E-state index is -4.67. The molecule has 0 saturated heterocycles. The Morgan fingerprint density at radius 1 is 0.738 bits per heavy atom. The first-order valence-electron chi connectivity index (χ1n) is 20.0. The lowest BCUT2D eigenvalue weighted by Crippen LogP contribution is -2.33. The molecular formula is C42H48F5N2O13S3+. The number of methoxy groups -OCH3 is 2. The van der Waals surface area contributed by atoms with Crippen LogP contribution in [0.5, 0.6) is 5.75 Å². The first-order chi connectivity index (χ1) is 30.3. The van der Waals surface area contributed by atoms with Crippen molar-refractivity contribution in [2.24, 2.45) is 0 Å². The molecule has 2 unspecified atom stereocenters. The number of fused-ring (bicyclic) bond motifs is 2. The van der Waals surface area contributed by atoms with Gasteiger partial charge in [-0.3, -0.25) is 18.5 Å². The highest BCUT2D eigenvalue weighted by Crippen LogP contribution is 2.51. The summed E-state index contributed by atoms with van der Waals surface area (Å²) < 4.78 is 189. The Morgan fingerprint density at radius 3 is 1.91 bits per heavy atom. The largest absolute Gasteiger partial charge is 0.420 e. The fourth-order valence-corrected chi connectivity index (χ4v) is 9.80. The Bertz CT molecular complexity index is 2760. The van der Waals surface area contributed by atoms with Gasteiger partial charge in [0, 0.05) is 68.3 Å². The van der Waals surface area contributed by atoms with Gasteiger partial charge in [-0.25, -0.2) is 13.2 Å². The molecule has 5 rings (SSSR count). The van der Waals surface area contributed by atoms with Crippen molar-refractivity contribution in [2.45, 2.75) is 79.4 Å². The molecular weight excluding hydrogens is 932 g/mol. The molecule has 0 saturated carbocycles. The summed E-state index contributed by atoms with van der Waals surface area (Å²) in [7, 11) is -10.8. The number of hydrogen-bond donors (Lipinski definition) is 3. The van der Waals surface area contributed by atoms with Gasteiger partial charge in [0.15, 0.2) is 12.3 Å². The summed E-state index contributed by atoms with van der Waals surface area (Å²) in [4.78, 5) is 13.6. The number of ether oxygens (including phenoxy) is 3. The number of benzene rings is 3. The molecule has 3 aromatic rings. The number of esters is 1. The normalized spacial score (nSPS) is 19.4. The van der Waals surface area contributed by atoms with Crippen LogP contribution in [0.4, 0.5) is 33.3 Å². The summed E-state index contributed by atoms with van der Waals surface area (Å²) in [5.41, 5.74) is 1.13. The number of halogens is 5. The van der Waals surface area contributed by atoms with Crippen LogP contribution in [0.15, 0.2) is 70.1 Å². The van der Waals surface area contributed by atoms with Crippen LogP contribution in [0.1, 0.15) is 69.9 Å². The van der Waals surface area contributed by atoms with Crippen molar-refractivity contribution in [3.63, 3.8) is 0 Å². The zero-order chi connectivity index (χ0) is 48.3. The first-order valence-corrected chi connectivity index (χ1v) is 24.5. The van der Waals surface area contributed by atoms with E-state index in [4.69, 9.17) is 9.47 Å². The molecule has 2 atom stereocenters. The average Bonchev–Trinajstić information content (AvgIpc) is 3.60. The van der Waals surface area contributed by atoms with Crippen molar-refractivity contribution < 1.29 is 84.4 Å². The lowest BCUT2D eigenvalue weighted by atomic mass is 9.75. The summed E-state index contributed by atoms with van der Waals surface area (Å²) in [6.45, 7) is 4.46. The van der Waals surface area contributed by atoms with E-state index in [9.17, 15) is 65.7 Å². The number of unbranched alkanes of at least 4 members (excludes halogenated alkanes) is 2. The molecule has 15 nitrogen and oxygen atoms in total. The molecule has 23 heteroatoms. The second-order valence-electron chi connectivity index (χ2n) is 15.9. The number of nitrogens with zero attached hydrogens (tertiary/aromatic N) is 2. The van der Waals surface area contributed by atoms with Crippen LogP contribution in [0.2, 0.25) is 0 Å². The van der Waals surface area contributed by atoms with Crippen LogP contribution in [-0.4, -0.2) is 101 Å². The number of allylic oxidation sites excluding steroid dienone is 4. The van der Waals surface area contributed by atoms with Gasteiger partial charge in [-0.05, 0) is 87.9 Å². The van der Waals surface area contributed by atoms with E-state index >= 15 is 0 Å². The van der Waals surface area contributed by atoms with Crippen molar-refractivity contribution in [3.05, 3.63) is 101 Å². The molecule has 3 N–H and O–H groups in total. The third-order valence-electron chi connectivity index (χ3n) is 11.6. The van der Waals surface area contributed by atoms with Gasteiger partial charge >= 0.3 is 5.97 Å². The Hall–Kier alpha value is -4.62. The predicted octanol–water partition coefficient (Wildman–Crippen LogP) is 6.97. The van der Waals surface area contributed by atoms with Gasteiger partial charge < -0.3 is 19.1 Å². The molecule has 0 spiro atoms. The molecule has 0 bridgehead atoms. The molecule has 0 fully saturated rings. The molecule has 356 valence electrons. The van der Waals surface area contributed by atoms with E-state index in [1.54, 1.807) is 25.2 Å². The summed E-state index contributed by atoms with van der Waals surface area (Å²) in [6.07, 6.45) is 5.73. The third-order valence-corrected chi connectivity index (χ3v) is 14.1. The van der Waals surface area contributed by atoms with Crippen molar-refractivity contribution in [1.29, 1.82) is 0 Å². The molecule has 2 heterocycles. The van der Waals surface area contributed by atoms with E-state index in [-0.39, 0.29) is 56.9 Å². The van der Waals surface area contributed by atoms with Crippen LogP contribution >= 0.6 is 0 Å². The number of carbonyl (C=O) groups is 1. The Balaban J connectivity index is 1.53. The monoisotopic (exact) mass is 979 g/mol. The van der Waals surface area contributed by atoms with Gasteiger partial charge in [-0.1, -0.05) is 12.5 Å². The Morgan fingerprint density at radius 2 is 1.32 bits per heavy atom. The zero-order valence-corrected chi connectivity index (χ0v) is 38.1. The first kappa shape index (κ1) is 51.4. The molecule has 65 heavy (non-hydrogen) atoms. The van der Waals surface area contributed by atoms with Gasteiger partial charge in [0.05, 0.1) is 21.0 Å². The van der Waals surface area contributed by atoms with Gasteiger partial charge in [-0.15, -0.1) is 0 Å². The van der Waals surface area contributed by atoms with E-state index in [1.807, 2.05) is 16.4 Å². The minimum Gasteiger partial charge on any atom is -0.420 e. The lowest BCUT2D eigenvalue weighted by molar-refractivity contribution is -0.441. The number of anilines is 1. The highest BCUT2D eigenvalue weighted by Gasteiger charge is 2.48. The van der Waals surface area contributed by atoms with Gasteiger partial charge in [0.1, 0.15) is 6.61 Å². The van der Waals surface area contributed by atoms with Crippen LogP contribution in [-0.2, 0) is 55.5 Å². The second kappa shape index (κ2) is 20.1. The van der Waals surface area contributed by atoms with Crippen molar-refractivity contribution in [3.8, 4) is 5.75 Å². The number of hydrogen-bond acceptors (Lipinski definition) is 11. The van der Waals surface area contributed by atoms with Crippen molar-refractivity contribution >= 4 is 53.4 Å². The fraction of sp³-hybridized carbons (Fsp3) is 0.429. The van der Waals surface area contributed by atoms with E-state index in [0.29, 0.717) is 46.8 Å². The van der Waals surface area contributed by atoms with Gasteiger partial charge in [-0.2, -0.15) is 38.6 Å². The molecule has 0 aliphatic carbocycles. The highest BCUT2D eigenvalue weighted by molar-refractivity contribution is 7.86. The molecule has 0 radical (unpaired) electrons. The van der Waals surface area contributed by atoms with Crippen LogP contribution in [0.3, 0.4) is 0 Å². The standard InChI is InChI=1S/C42H47F5N2O13S3/c1-41(17-9-23-63(51,52)53)28-24-26(64(54,55)56)14-16-31(28)49(20-22-61-4)32(41)10-8-11-33-42(2,18-21-60-3)29-25-27(65(57,58)59)13-15-30(29)48(33)19-7-5-6-12-34(50)62-40-38(46)36(44)35(43)37(45)39(40)47/h8,10-11,13-16,24-25H,5-7,9,12,17-23H2,1-4H3,(H2-,51,52,53,54,55,56,57,58,59)/p+1. The summed E-state index contributed by atoms with van der Waals surface area (Å²) in [5, 5.41) is 0. The summed E-state index contributed by atoms with van der Waals surface area (Å²) >= 11 is 0. The van der Waals surface area contributed by atoms with Crippen LogP contribution in [0.25, 0.3) is 0 Å². The van der Waals surface area contributed by atoms with Crippen LogP contribution < -0.4 is 9.64 Å². The van der Waals surface area contributed by atoms with Crippen molar-refractivity contribution in [1.82, 2.24) is 0 Å². The number of carbonyl (C=O) groups excluding carboxylic acids is 1. The van der Waals surface area contributed by atoms with Crippen molar-refractivity contribution in [2.75, 3.05) is 51.2 Å². The second-order valence-corrected chi connectivity index (χ2v) is 20.3. The van der Waals surface area contributed by atoms with E-state index < -0.39 is 99.1 Å². The third kappa shape index (κ3) is 11.2. The van der Waals surface area contributed by atoms with E-state index in [1.165, 1.54) is 50.6 Å². The maximum Gasteiger partial charge on any atom is 0.311 e. The quantitative estimate of drug-likeness (QED) is 0.0144. The predicted molar refractivity (Wildman–Crippen MR) is 226 cm³/mol. The molecule has 0 amide bonds. The topological polar surface area (TPSA) is 214 Å². The van der Waals surface area contributed by atoms with Gasteiger partial charge in [0.2, 0.25) is 40.5 Å². The Kier molecular flexibility index (Phi) is 15.9. The SMILES string of the molecule is COCC[N+]1=C(/C=C/C=C2/N(CCCCCC(=O)Oc3c(F)c(F)c(F)c(F)c3F)c3ccc(S(=O)(=O)O)cc3C2(C)CCOC)C(C)(CCCS(=O)(=O)O)c2cc(S(=O)(=O)O)ccc21. The highest BCUT2D eigenvalue weighted by atomic mass is 32.2. The molecule has 0 aromatic heterocycles. The maximum absolute atomic E-state index is 14.1. The molecule has 2 aliphatic heterocycles. The summed E-state index contributed by atoms with van der Waals surface area (Å²) in [6, 6.07) is 8.14. The molecule has 2 aliphatic rings. The van der Waals surface area contributed by atoms with E-state index in [2.05, 4.69) is 4.74 Å². The minimum absolute atomic E-state index is 0.0511. The Labute approximate surface area is 373 Å². The van der Waals surface area contributed by atoms with E-state index in [0.717, 1.165) is 0 Å². The average molecular weight is 980 g/mol. The molecule has 3 aromatic carbocycles. The smallest absolute Gasteiger partial charge is 0.311 e.